The first-order chi connectivity index (χ1) is 13.4. The van der Waals surface area contributed by atoms with Gasteiger partial charge in [-0.05, 0) is 48.9 Å². The van der Waals surface area contributed by atoms with E-state index < -0.39 is 28.3 Å². The van der Waals surface area contributed by atoms with E-state index in [4.69, 9.17) is 0 Å². The Balaban J connectivity index is 1.95. The number of aryl methyl sites for hydroxylation is 1. The lowest BCUT2D eigenvalue weighted by atomic mass is 10.2. The number of carbonyl (C=O) groups is 1. The highest BCUT2D eigenvalue weighted by Gasteiger charge is 2.29. The van der Waals surface area contributed by atoms with E-state index in [-0.39, 0.29) is 10.6 Å². The topological polar surface area (TPSA) is 66.5 Å². The molecule has 0 aliphatic heterocycles. The molecule has 0 heterocycles. The SMILES string of the molecule is Cc1cccc(NC(=O)CN(c2ccccc2F)S(=O)(=O)c2ccccc2)c1. The van der Waals surface area contributed by atoms with Gasteiger partial charge >= 0.3 is 0 Å². The minimum Gasteiger partial charge on any atom is -0.325 e. The highest BCUT2D eigenvalue weighted by atomic mass is 32.2. The summed E-state index contributed by atoms with van der Waals surface area (Å²) in [6, 6.07) is 20.2. The highest BCUT2D eigenvalue weighted by molar-refractivity contribution is 7.92. The number of rotatable bonds is 6. The van der Waals surface area contributed by atoms with E-state index in [1.54, 1.807) is 36.4 Å². The van der Waals surface area contributed by atoms with Gasteiger partial charge in [0, 0.05) is 5.69 Å². The van der Waals surface area contributed by atoms with E-state index in [2.05, 4.69) is 5.32 Å². The Bertz CT molecular complexity index is 1090. The number of halogens is 1. The van der Waals surface area contributed by atoms with Gasteiger partial charge in [0.25, 0.3) is 10.0 Å². The molecule has 0 saturated carbocycles. The van der Waals surface area contributed by atoms with Gasteiger partial charge in [-0.3, -0.25) is 9.10 Å². The van der Waals surface area contributed by atoms with Crippen molar-refractivity contribution in [2.45, 2.75) is 11.8 Å². The van der Waals surface area contributed by atoms with E-state index in [1.807, 2.05) is 13.0 Å². The Morgan fingerprint density at radius 3 is 2.32 bits per heavy atom. The van der Waals surface area contributed by atoms with Crippen molar-refractivity contribution in [1.82, 2.24) is 0 Å². The number of hydrogen-bond acceptors (Lipinski definition) is 3. The van der Waals surface area contributed by atoms with Crippen LogP contribution < -0.4 is 9.62 Å². The second kappa shape index (κ2) is 8.22. The molecule has 1 N–H and O–H groups in total. The number of nitrogens with one attached hydrogen (secondary N) is 1. The zero-order valence-electron chi connectivity index (χ0n) is 15.2. The van der Waals surface area contributed by atoms with Crippen molar-refractivity contribution in [3.8, 4) is 0 Å². The molecule has 1 amide bonds. The molecular formula is C21H19FN2O3S. The average molecular weight is 398 g/mol. The van der Waals surface area contributed by atoms with Crippen LogP contribution in [-0.4, -0.2) is 20.9 Å². The monoisotopic (exact) mass is 398 g/mol. The number of benzene rings is 3. The van der Waals surface area contributed by atoms with Crippen LogP contribution in [0.15, 0.2) is 83.8 Å². The van der Waals surface area contributed by atoms with Crippen LogP contribution in [0, 0.1) is 12.7 Å². The fourth-order valence-electron chi connectivity index (χ4n) is 2.73. The number of para-hydroxylation sites is 1. The number of sulfonamides is 1. The third-order valence-corrected chi connectivity index (χ3v) is 5.82. The first-order valence-corrected chi connectivity index (χ1v) is 10.0. The van der Waals surface area contributed by atoms with Crippen LogP contribution in [0.3, 0.4) is 0 Å². The fraction of sp³-hybridized carbons (Fsp3) is 0.0952. The summed E-state index contributed by atoms with van der Waals surface area (Å²) in [7, 11) is -4.14. The molecule has 7 heteroatoms. The first kappa shape index (κ1) is 19.6. The van der Waals surface area contributed by atoms with Crippen molar-refractivity contribution in [2.24, 2.45) is 0 Å². The van der Waals surface area contributed by atoms with E-state index >= 15 is 0 Å². The zero-order valence-corrected chi connectivity index (χ0v) is 16.0. The van der Waals surface area contributed by atoms with E-state index in [9.17, 15) is 17.6 Å². The van der Waals surface area contributed by atoms with Crippen molar-refractivity contribution in [2.75, 3.05) is 16.2 Å². The number of hydrogen-bond donors (Lipinski definition) is 1. The molecule has 0 radical (unpaired) electrons. The van der Waals surface area contributed by atoms with Crippen LogP contribution in [-0.2, 0) is 14.8 Å². The van der Waals surface area contributed by atoms with Gasteiger partial charge in [0.05, 0.1) is 10.6 Å². The summed E-state index contributed by atoms with van der Waals surface area (Å²) in [5.74, 6) is -1.31. The average Bonchev–Trinajstić information content (AvgIpc) is 2.67. The van der Waals surface area contributed by atoms with Crippen LogP contribution in [0.4, 0.5) is 15.8 Å². The molecule has 0 aliphatic carbocycles. The minimum absolute atomic E-state index is 0.0263. The van der Waals surface area contributed by atoms with Gasteiger partial charge in [-0.1, -0.05) is 42.5 Å². The summed E-state index contributed by atoms with van der Waals surface area (Å²) >= 11 is 0. The standard InChI is InChI=1S/C21H19FN2O3S/c1-16-8-7-9-17(14-16)23-21(25)15-24(20-13-6-5-12-19(20)22)28(26,27)18-10-3-2-4-11-18/h2-14H,15H2,1H3,(H,23,25). The molecule has 0 saturated heterocycles. The normalized spacial score (nSPS) is 11.1. The molecule has 3 aromatic rings. The Kier molecular flexibility index (Phi) is 5.75. The Hall–Kier alpha value is -3.19. The van der Waals surface area contributed by atoms with Gasteiger partial charge in [0.1, 0.15) is 12.4 Å². The number of nitrogens with zero attached hydrogens (tertiary/aromatic N) is 1. The second-order valence-electron chi connectivity index (χ2n) is 6.19. The van der Waals surface area contributed by atoms with Gasteiger partial charge in [-0.2, -0.15) is 0 Å². The van der Waals surface area contributed by atoms with Gasteiger partial charge in [0.2, 0.25) is 5.91 Å². The summed E-state index contributed by atoms with van der Waals surface area (Å²) in [6.45, 7) is 1.31. The Labute approximate surface area is 163 Å². The van der Waals surface area contributed by atoms with Gasteiger partial charge < -0.3 is 5.32 Å². The maximum Gasteiger partial charge on any atom is 0.264 e. The molecule has 0 aromatic heterocycles. The molecule has 0 spiro atoms. The lowest BCUT2D eigenvalue weighted by Gasteiger charge is -2.24. The van der Waals surface area contributed by atoms with E-state index in [1.165, 1.54) is 30.3 Å². The van der Waals surface area contributed by atoms with Crippen molar-refractivity contribution >= 4 is 27.3 Å². The predicted octanol–water partition coefficient (Wildman–Crippen LogP) is 3.97. The maximum absolute atomic E-state index is 14.4. The molecule has 144 valence electrons. The predicted molar refractivity (Wildman–Crippen MR) is 107 cm³/mol. The Morgan fingerprint density at radius 1 is 0.964 bits per heavy atom. The molecular weight excluding hydrogens is 379 g/mol. The molecule has 0 aliphatic rings. The molecule has 0 fully saturated rings. The summed E-state index contributed by atoms with van der Waals surface area (Å²) in [5.41, 5.74) is 1.29. The maximum atomic E-state index is 14.4. The van der Waals surface area contributed by atoms with Crippen LogP contribution in [0.25, 0.3) is 0 Å². The third-order valence-electron chi connectivity index (χ3n) is 4.04. The van der Waals surface area contributed by atoms with Crippen LogP contribution >= 0.6 is 0 Å². The molecule has 0 unspecified atom stereocenters. The summed E-state index contributed by atoms with van der Waals surface area (Å²) in [6.07, 6.45) is 0. The highest BCUT2D eigenvalue weighted by Crippen LogP contribution is 2.26. The smallest absolute Gasteiger partial charge is 0.264 e. The van der Waals surface area contributed by atoms with Crippen molar-refractivity contribution in [1.29, 1.82) is 0 Å². The summed E-state index contributed by atoms with van der Waals surface area (Å²) in [5, 5.41) is 2.66. The fourth-order valence-corrected chi connectivity index (χ4v) is 4.18. The Morgan fingerprint density at radius 2 is 1.64 bits per heavy atom. The van der Waals surface area contributed by atoms with Gasteiger partial charge in [-0.15, -0.1) is 0 Å². The molecule has 28 heavy (non-hydrogen) atoms. The summed E-state index contributed by atoms with van der Waals surface area (Å²) < 4.78 is 41.4. The number of carbonyl (C=O) groups excluding carboxylic acids is 1. The van der Waals surface area contributed by atoms with Gasteiger partial charge in [0.15, 0.2) is 0 Å². The summed E-state index contributed by atoms with van der Waals surface area (Å²) in [4.78, 5) is 12.5. The van der Waals surface area contributed by atoms with E-state index in [0.717, 1.165) is 15.9 Å². The van der Waals surface area contributed by atoms with Crippen molar-refractivity contribution in [3.05, 3.63) is 90.2 Å². The number of amides is 1. The zero-order chi connectivity index (χ0) is 20.1. The van der Waals surface area contributed by atoms with Crippen molar-refractivity contribution < 1.29 is 17.6 Å². The van der Waals surface area contributed by atoms with Crippen LogP contribution in [0.2, 0.25) is 0 Å². The van der Waals surface area contributed by atoms with Crippen molar-refractivity contribution in [3.63, 3.8) is 0 Å². The molecule has 0 bridgehead atoms. The van der Waals surface area contributed by atoms with Crippen LogP contribution in [0.1, 0.15) is 5.56 Å². The minimum atomic E-state index is -4.14. The van der Waals surface area contributed by atoms with Gasteiger partial charge in [-0.25, -0.2) is 12.8 Å². The lowest BCUT2D eigenvalue weighted by molar-refractivity contribution is -0.114. The molecule has 0 atom stereocenters. The number of anilines is 2. The molecule has 5 nitrogen and oxygen atoms in total. The largest absolute Gasteiger partial charge is 0.325 e. The molecule has 3 rings (SSSR count). The third kappa shape index (κ3) is 4.37. The lowest BCUT2D eigenvalue weighted by Crippen LogP contribution is -2.38. The second-order valence-corrected chi connectivity index (χ2v) is 8.06. The molecule has 3 aromatic carbocycles. The van der Waals surface area contributed by atoms with Crippen LogP contribution in [0.5, 0.6) is 0 Å². The first-order valence-electron chi connectivity index (χ1n) is 8.57. The van der Waals surface area contributed by atoms with E-state index in [0.29, 0.717) is 5.69 Å². The quantitative estimate of drug-likeness (QED) is 0.683.